The smallest absolute Gasteiger partial charge is 0.306 e. The molecule has 0 aliphatic heterocycles. The van der Waals surface area contributed by atoms with Crippen molar-refractivity contribution in [2.24, 2.45) is 0 Å². The first-order valence-corrected chi connectivity index (χ1v) is 4.38. The van der Waals surface area contributed by atoms with Crippen molar-refractivity contribution in [2.75, 3.05) is 18.5 Å². The Hall–Kier alpha value is -1.53. The minimum Gasteiger partial charge on any atom is -0.309 e. The standard InChI is InChI=1S/C10H9ClN2O/c1-12-7-10(14)13(2)9-5-3-8(11)4-6-9/h3-6H,7H2,2H3. The van der Waals surface area contributed by atoms with E-state index in [1.165, 1.54) is 4.90 Å². The number of amides is 1. The molecule has 0 aromatic heterocycles. The van der Waals surface area contributed by atoms with E-state index in [2.05, 4.69) is 4.85 Å². The van der Waals surface area contributed by atoms with Crippen LogP contribution in [0.1, 0.15) is 0 Å². The van der Waals surface area contributed by atoms with E-state index in [4.69, 9.17) is 18.2 Å². The van der Waals surface area contributed by atoms with Crippen LogP contribution < -0.4 is 4.90 Å². The first-order chi connectivity index (χ1) is 6.65. The molecule has 4 heteroatoms. The van der Waals surface area contributed by atoms with Gasteiger partial charge in [-0.2, -0.15) is 0 Å². The molecule has 0 atom stereocenters. The summed E-state index contributed by atoms with van der Waals surface area (Å²) in [6, 6.07) is 6.89. The van der Waals surface area contributed by atoms with Gasteiger partial charge in [0.1, 0.15) is 0 Å². The summed E-state index contributed by atoms with van der Waals surface area (Å²) in [5, 5.41) is 0.625. The van der Waals surface area contributed by atoms with Crippen molar-refractivity contribution in [1.82, 2.24) is 0 Å². The monoisotopic (exact) mass is 208 g/mol. The highest BCUT2D eigenvalue weighted by Gasteiger charge is 2.12. The predicted octanol–water partition coefficient (Wildman–Crippen LogP) is 2.22. The van der Waals surface area contributed by atoms with Crippen molar-refractivity contribution in [3.05, 3.63) is 40.7 Å². The number of carbonyl (C=O) groups excluding carboxylic acids is 1. The Morgan fingerprint density at radius 1 is 1.50 bits per heavy atom. The molecule has 1 amide bonds. The zero-order valence-corrected chi connectivity index (χ0v) is 8.45. The molecule has 1 rings (SSSR count). The molecule has 14 heavy (non-hydrogen) atoms. The van der Waals surface area contributed by atoms with E-state index < -0.39 is 0 Å². The van der Waals surface area contributed by atoms with Crippen molar-refractivity contribution in [2.45, 2.75) is 0 Å². The highest BCUT2D eigenvalue weighted by molar-refractivity contribution is 6.30. The third-order valence-electron chi connectivity index (χ3n) is 1.80. The molecule has 0 unspecified atom stereocenters. The molecule has 0 spiro atoms. The lowest BCUT2D eigenvalue weighted by Crippen LogP contribution is -2.27. The van der Waals surface area contributed by atoms with Gasteiger partial charge < -0.3 is 9.74 Å². The van der Waals surface area contributed by atoms with Crippen LogP contribution in [0.4, 0.5) is 5.69 Å². The van der Waals surface area contributed by atoms with Crippen molar-refractivity contribution >= 4 is 23.2 Å². The van der Waals surface area contributed by atoms with Crippen molar-refractivity contribution in [3.8, 4) is 0 Å². The van der Waals surface area contributed by atoms with Gasteiger partial charge in [0.25, 0.3) is 6.54 Å². The summed E-state index contributed by atoms with van der Waals surface area (Å²) >= 11 is 5.71. The molecule has 0 saturated carbocycles. The van der Waals surface area contributed by atoms with Crippen LogP contribution >= 0.6 is 11.6 Å². The van der Waals surface area contributed by atoms with Gasteiger partial charge in [-0.05, 0) is 24.3 Å². The lowest BCUT2D eigenvalue weighted by atomic mass is 10.3. The largest absolute Gasteiger partial charge is 0.309 e. The van der Waals surface area contributed by atoms with Gasteiger partial charge in [-0.3, -0.25) is 4.79 Å². The third kappa shape index (κ3) is 2.48. The van der Waals surface area contributed by atoms with E-state index in [0.29, 0.717) is 5.02 Å². The summed E-state index contributed by atoms with van der Waals surface area (Å²) in [5.74, 6) is -0.220. The lowest BCUT2D eigenvalue weighted by molar-refractivity contribution is -0.116. The molecule has 1 aromatic rings. The minimum atomic E-state index is -0.220. The van der Waals surface area contributed by atoms with Crippen molar-refractivity contribution in [1.29, 1.82) is 0 Å². The van der Waals surface area contributed by atoms with Crippen LogP contribution in [0, 0.1) is 6.57 Å². The Morgan fingerprint density at radius 3 is 2.57 bits per heavy atom. The number of likely N-dealkylation sites (N-methyl/N-ethyl adjacent to an activating group) is 1. The second kappa shape index (κ2) is 4.64. The summed E-state index contributed by atoms with van der Waals surface area (Å²) in [4.78, 5) is 15.8. The molecule has 0 aliphatic carbocycles. The average molecular weight is 209 g/mol. The second-order valence-corrected chi connectivity index (χ2v) is 3.18. The summed E-state index contributed by atoms with van der Waals surface area (Å²) in [6.07, 6.45) is 0. The van der Waals surface area contributed by atoms with Crippen LogP contribution in [-0.4, -0.2) is 19.5 Å². The Morgan fingerprint density at radius 2 is 2.07 bits per heavy atom. The second-order valence-electron chi connectivity index (χ2n) is 2.75. The lowest BCUT2D eigenvalue weighted by Gasteiger charge is -2.13. The van der Waals surface area contributed by atoms with Crippen molar-refractivity contribution in [3.63, 3.8) is 0 Å². The first kappa shape index (κ1) is 10.6. The number of nitrogens with zero attached hydrogens (tertiary/aromatic N) is 2. The number of hydrogen-bond acceptors (Lipinski definition) is 1. The highest BCUT2D eigenvalue weighted by Crippen LogP contribution is 2.16. The molecule has 0 bridgehead atoms. The summed E-state index contributed by atoms with van der Waals surface area (Å²) in [7, 11) is 1.64. The van der Waals surface area contributed by atoms with E-state index >= 15 is 0 Å². The van der Waals surface area contributed by atoms with E-state index in [0.717, 1.165) is 5.69 Å². The van der Waals surface area contributed by atoms with Crippen LogP contribution in [-0.2, 0) is 4.79 Å². The molecular formula is C10H9ClN2O. The van der Waals surface area contributed by atoms with E-state index in [-0.39, 0.29) is 12.5 Å². The molecule has 0 saturated heterocycles. The van der Waals surface area contributed by atoms with E-state index in [1.54, 1.807) is 31.3 Å². The Kier molecular flexibility index (Phi) is 3.49. The van der Waals surface area contributed by atoms with Crippen LogP contribution in [0.25, 0.3) is 4.85 Å². The van der Waals surface area contributed by atoms with Gasteiger partial charge >= 0.3 is 5.91 Å². The third-order valence-corrected chi connectivity index (χ3v) is 2.05. The Labute approximate surface area is 87.7 Å². The predicted molar refractivity (Wildman–Crippen MR) is 56.3 cm³/mol. The van der Waals surface area contributed by atoms with Crippen LogP contribution in [0.15, 0.2) is 24.3 Å². The number of rotatable bonds is 2. The average Bonchev–Trinajstić information content (AvgIpc) is 2.18. The summed E-state index contributed by atoms with van der Waals surface area (Å²) in [6.45, 7) is 6.45. The molecule has 1 aromatic carbocycles. The normalized spacial score (nSPS) is 9.21. The number of benzene rings is 1. The van der Waals surface area contributed by atoms with Crippen LogP contribution in [0.3, 0.4) is 0 Å². The zero-order chi connectivity index (χ0) is 10.6. The van der Waals surface area contributed by atoms with Gasteiger partial charge in [-0.25, -0.2) is 6.57 Å². The quantitative estimate of drug-likeness (QED) is 0.684. The fourth-order valence-electron chi connectivity index (χ4n) is 0.982. The maximum absolute atomic E-state index is 11.3. The number of hydrogen-bond donors (Lipinski definition) is 0. The molecule has 0 radical (unpaired) electrons. The Balaban J connectivity index is 2.80. The number of carbonyl (C=O) groups is 1. The maximum atomic E-state index is 11.3. The van der Waals surface area contributed by atoms with Crippen LogP contribution in [0.5, 0.6) is 0 Å². The van der Waals surface area contributed by atoms with Gasteiger partial charge in [0, 0.05) is 17.8 Å². The van der Waals surface area contributed by atoms with Gasteiger partial charge in [0.2, 0.25) is 0 Å². The van der Waals surface area contributed by atoms with Gasteiger partial charge in [-0.15, -0.1) is 0 Å². The van der Waals surface area contributed by atoms with Gasteiger partial charge in [0.15, 0.2) is 0 Å². The number of anilines is 1. The van der Waals surface area contributed by atoms with Gasteiger partial charge in [0.05, 0.1) is 0 Å². The van der Waals surface area contributed by atoms with Crippen LogP contribution in [0.2, 0.25) is 5.02 Å². The highest BCUT2D eigenvalue weighted by atomic mass is 35.5. The fraction of sp³-hybridized carbons (Fsp3) is 0.200. The molecular weight excluding hydrogens is 200 g/mol. The Bertz CT molecular complexity index is 367. The zero-order valence-electron chi connectivity index (χ0n) is 7.70. The molecule has 0 N–H and O–H groups in total. The minimum absolute atomic E-state index is 0.126. The van der Waals surface area contributed by atoms with Gasteiger partial charge in [-0.1, -0.05) is 11.6 Å². The summed E-state index contributed by atoms with van der Waals surface area (Å²) in [5.41, 5.74) is 0.739. The molecule has 3 nitrogen and oxygen atoms in total. The molecule has 0 fully saturated rings. The molecule has 0 heterocycles. The molecule has 72 valence electrons. The van der Waals surface area contributed by atoms with E-state index in [9.17, 15) is 4.79 Å². The first-order valence-electron chi connectivity index (χ1n) is 4.00. The fourth-order valence-corrected chi connectivity index (χ4v) is 1.11. The van der Waals surface area contributed by atoms with E-state index in [1.807, 2.05) is 0 Å². The maximum Gasteiger partial charge on any atom is 0.306 e. The van der Waals surface area contributed by atoms with Crippen molar-refractivity contribution < 1.29 is 4.79 Å². The SMILES string of the molecule is [C-]#[N+]CC(=O)N(C)c1ccc(Cl)cc1. The summed E-state index contributed by atoms with van der Waals surface area (Å²) < 4.78 is 0. The molecule has 0 aliphatic rings. The topological polar surface area (TPSA) is 24.7 Å². The number of halogens is 1.